The Bertz CT molecular complexity index is 375. The molecule has 2 saturated heterocycles. The van der Waals surface area contributed by atoms with Gasteiger partial charge >= 0.3 is 6.09 Å². The van der Waals surface area contributed by atoms with E-state index in [2.05, 4.69) is 12.2 Å². The van der Waals surface area contributed by atoms with Crippen LogP contribution in [-0.2, 0) is 9.47 Å². The number of carbonyl (C=O) groups is 1. The molecule has 1 N–H and O–H groups in total. The van der Waals surface area contributed by atoms with E-state index in [1.807, 2.05) is 25.7 Å². The van der Waals surface area contributed by atoms with Crippen molar-refractivity contribution in [1.29, 1.82) is 0 Å². The van der Waals surface area contributed by atoms with Crippen LogP contribution in [0.3, 0.4) is 0 Å². The molecule has 0 bridgehead atoms. The van der Waals surface area contributed by atoms with Gasteiger partial charge in [0.2, 0.25) is 0 Å². The van der Waals surface area contributed by atoms with Gasteiger partial charge in [0.1, 0.15) is 5.60 Å². The Balaban J connectivity index is 1.78. The maximum atomic E-state index is 12.2. The zero-order valence-electron chi connectivity index (χ0n) is 15.3. The number of likely N-dealkylation sites (tertiary alicyclic amines) is 1. The molecule has 0 aromatic heterocycles. The molecular formula is C18H34N2O3. The molecule has 2 heterocycles. The molecule has 2 rings (SSSR count). The second kappa shape index (κ2) is 8.34. The molecule has 2 fully saturated rings. The first kappa shape index (κ1) is 18.5. The van der Waals surface area contributed by atoms with Gasteiger partial charge in [-0.3, -0.25) is 0 Å². The van der Waals surface area contributed by atoms with Gasteiger partial charge < -0.3 is 19.7 Å². The lowest BCUT2D eigenvalue weighted by Gasteiger charge is -2.31. The quantitative estimate of drug-likeness (QED) is 0.865. The topological polar surface area (TPSA) is 50.8 Å². The Labute approximate surface area is 141 Å². The van der Waals surface area contributed by atoms with Crippen molar-refractivity contribution in [1.82, 2.24) is 10.2 Å². The molecular weight excluding hydrogens is 292 g/mol. The third kappa shape index (κ3) is 6.30. The van der Waals surface area contributed by atoms with Crippen LogP contribution < -0.4 is 5.32 Å². The van der Waals surface area contributed by atoms with Gasteiger partial charge in [-0.25, -0.2) is 4.79 Å². The van der Waals surface area contributed by atoms with Crippen molar-refractivity contribution in [2.75, 3.05) is 26.3 Å². The summed E-state index contributed by atoms with van der Waals surface area (Å²) < 4.78 is 11.0. The lowest BCUT2D eigenvalue weighted by Crippen LogP contribution is -2.43. The van der Waals surface area contributed by atoms with Crippen LogP contribution in [-0.4, -0.2) is 55.0 Å². The smallest absolute Gasteiger partial charge is 0.410 e. The highest BCUT2D eigenvalue weighted by Gasteiger charge is 2.27. The summed E-state index contributed by atoms with van der Waals surface area (Å²) in [7, 11) is 0. The lowest BCUT2D eigenvalue weighted by molar-refractivity contribution is 0.0255. The first-order valence-corrected chi connectivity index (χ1v) is 9.17. The molecule has 2 atom stereocenters. The Morgan fingerprint density at radius 2 is 1.87 bits per heavy atom. The lowest BCUT2D eigenvalue weighted by atomic mass is 9.92. The van der Waals surface area contributed by atoms with E-state index in [-0.39, 0.29) is 6.09 Å². The Kier molecular flexibility index (Phi) is 6.72. The van der Waals surface area contributed by atoms with Crippen LogP contribution in [0.1, 0.15) is 59.8 Å². The molecule has 0 aromatic carbocycles. The summed E-state index contributed by atoms with van der Waals surface area (Å²) in [5.74, 6) is 0.717. The Morgan fingerprint density at radius 3 is 2.52 bits per heavy atom. The molecule has 0 saturated carbocycles. The number of carbonyl (C=O) groups excluding carboxylic acids is 1. The van der Waals surface area contributed by atoms with Gasteiger partial charge in [0, 0.05) is 38.4 Å². The van der Waals surface area contributed by atoms with E-state index in [1.54, 1.807) is 0 Å². The average Bonchev–Trinajstić information content (AvgIpc) is 2.72. The van der Waals surface area contributed by atoms with Gasteiger partial charge in [0.25, 0.3) is 0 Å². The van der Waals surface area contributed by atoms with Gasteiger partial charge in [0.15, 0.2) is 0 Å². The molecule has 0 unspecified atom stereocenters. The first-order valence-electron chi connectivity index (χ1n) is 9.17. The molecule has 0 aliphatic carbocycles. The first-order chi connectivity index (χ1) is 10.8. The van der Waals surface area contributed by atoms with Crippen LogP contribution in [0.2, 0.25) is 0 Å². The minimum Gasteiger partial charge on any atom is -0.444 e. The highest BCUT2D eigenvalue weighted by Crippen LogP contribution is 2.21. The fourth-order valence-corrected chi connectivity index (χ4v) is 3.50. The van der Waals surface area contributed by atoms with Gasteiger partial charge in [-0.05, 0) is 65.7 Å². The van der Waals surface area contributed by atoms with E-state index in [1.165, 1.54) is 0 Å². The number of rotatable bonds is 3. The number of ether oxygens (including phenoxy) is 2. The number of hydrogen-bond donors (Lipinski definition) is 1. The van der Waals surface area contributed by atoms with Gasteiger partial charge in [-0.15, -0.1) is 0 Å². The van der Waals surface area contributed by atoms with Crippen molar-refractivity contribution in [2.45, 2.75) is 77.5 Å². The molecule has 134 valence electrons. The zero-order valence-corrected chi connectivity index (χ0v) is 15.3. The summed E-state index contributed by atoms with van der Waals surface area (Å²) in [5.41, 5.74) is -0.418. The highest BCUT2D eigenvalue weighted by atomic mass is 16.6. The summed E-state index contributed by atoms with van der Waals surface area (Å²) in [4.78, 5) is 14.1. The van der Waals surface area contributed by atoms with Gasteiger partial charge in [-0.1, -0.05) is 0 Å². The minimum atomic E-state index is -0.418. The third-order valence-electron chi connectivity index (χ3n) is 4.85. The van der Waals surface area contributed by atoms with Crippen molar-refractivity contribution >= 4 is 6.09 Å². The van der Waals surface area contributed by atoms with Crippen molar-refractivity contribution in [3.63, 3.8) is 0 Å². The third-order valence-corrected chi connectivity index (χ3v) is 4.85. The number of hydrogen-bond acceptors (Lipinski definition) is 4. The molecule has 0 radical (unpaired) electrons. The maximum absolute atomic E-state index is 12.2. The molecule has 2 aliphatic rings. The van der Waals surface area contributed by atoms with Crippen molar-refractivity contribution in [2.24, 2.45) is 5.92 Å². The normalized spacial score (nSPS) is 25.7. The number of amides is 1. The molecule has 0 aromatic rings. The zero-order chi connectivity index (χ0) is 16.9. The highest BCUT2D eigenvalue weighted by molar-refractivity contribution is 5.68. The van der Waals surface area contributed by atoms with E-state index < -0.39 is 5.60 Å². The minimum absolute atomic E-state index is 0.171. The van der Waals surface area contributed by atoms with Crippen LogP contribution in [0, 0.1) is 5.92 Å². The summed E-state index contributed by atoms with van der Waals surface area (Å²) in [6.45, 7) is 11.4. The molecule has 2 aliphatic heterocycles. The van der Waals surface area contributed by atoms with Crippen LogP contribution in [0.25, 0.3) is 0 Å². The van der Waals surface area contributed by atoms with Gasteiger partial charge in [0.05, 0.1) is 0 Å². The Morgan fingerprint density at radius 1 is 1.17 bits per heavy atom. The van der Waals surface area contributed by atoms with E-state index >= 15 is 0 Å². The van der Waals surface area contributed by atoms with E-state index in [4.69, 9.17) is 9.47 Å². The molecule has 5 nitrogen and oxygen atoms in total. The molecule has 5 heteroatoms. The molecule has 1 amide bonds. The number of nitrogens with zero attached hydrogens (tertiary/aromatic N) is 1. The largest absolute Gasteiger partial charge is 0.444 e. The van der Waals surface area contributed by atoms with Crippen molar-refractivity contribution < 1.29 is 14.3 Å². The van der Waals surface area contributed by atoms with Crippen LogP contribution in [0.5, 0.6) is 0 Å². The monoisotopic (exact) mass is 326 g/mol. The van der Waals surface area contributed by atoms with Gasteiger partial charge in [-0.2, -0.15) is 0 Å². The number of nitrogens with one attached hydrogen (secondary N) is 1. The fourth-order valence-electron chi connectivity index (χ4n) is 3.50. The Hall–Kier alpha value is -0.810. The van der Waals surface area contributed by atoms with E-state index in [0.29, 0.717) is 18.0 Å². The summed E-state index contributed by atoms with van der Waals surface area (Å²) in [5, 5.41) is 3.80. The van der Waals surface area contributed by atoms with Crippen molar-refractivity contribution in [3.05, 3.63) is 0 Å². The van der Waals surface area contributed by atoms with Crippen LogP contribution >= 0.6 is 0 Å². The second-order valence-electron chi connectivity index (χ2n) is 8.00. The second-order valence-corrected chi connectivity index (χ2v) is 8.00. The summed E-state index contributed by atoms with van der Waals surface area (Å²) in [6, 6.07) is 1.03. The van der Waals surface area contributed by atoms with Crippen molar-refractivity contribution in [3.8, 4) is 0 Å². The standard InChI is InChI=1S/C18H34N2O3/c1-14(15-8-12-22-13-9-15)19-16-6-5-10-20(11-7-16)17(21)23-18(2,3)4/h14-16,19H,5-13H2,1-4H3/t14-,16+/m1/s1. The van der Waals surface area contributed by atoms with Crippen LogP contribution in [0.15, 0.2) is 0 Å². The predicted octanol–water partition coefficient (Wildman–Crippen LogP) is 3.18. The predicted molar refractivity (Wildman–Crippen MR) is 91.6 cm³/mol. The SMILES string of the molecule is C[C@@H](N[C@H]1CCCN(C(=O)OC(C)(C)C)CC1)C1CCOCC1. The average molecular weight is 326 g/mol. The van der Waals surface area contributed by atoms with Crippen LogP contribution in [0.4, 0.5) is 4.79 Å². The summed E-state index contributed by atoms with van der Waals surface area (Å²) in [6.07, 6.45) is 5.32. The maximum Gasteiger partial charge on any atom is 0.410 e. The van der Waals surface area contributed by atoms with E-state index in [9.17, 15) is 4.79 Å². The molecule has 0 spiro atoms. The summed E-state index contributed by atoms with van der Waals surface area (Å²) >= 11 is 0. The fraction of sp³-hybridized carbons (Fsp3) is 0.944. The van der Waals surface area contributed by atoms with E-state index in [0.717, 1.165) is 58.4 Å². The molecule has 23 heavy (non-hydrogen) atoms.